The molecule has 7 heteroatoms. The van der Waals surface area contributed by atoms with Crippen LogP contribution in [0, 0.1) is 0 Å². The third-order valence-corrected chi connectivity index (χ3v) is 6.42. The van der Waals surface area contributed by atoms with E-state index in [-0.39, 0.29) is 30.8 Å². The van der Waals surface area contributed by atoms with Crippen molar-refractivity contribution in [2.24, 2.45) is 0 Å². The first-order valence-corrected chi connectivity index (χ1v) is 10.5. The molecule has 2 aromatic carbocycles. The van der Waals surface area contributed by atoms with E-state index in [2.05, 4.69) is 29.4 Å². The third-order valence-electron chi connectivity index (χ3n) is 6.42. The number of halogens is 1. The minimum absolute atomic E-state index is 0. The molecule has 1 unspecified atom stereocenters. The number of carbonyl (C=O) groups is 2. The van der Waals surface area contributed by atoms with Crippen molar-refractivity contribution in [3.05, 3.63) is 65.2 Å². The molecule has 4 rings (SSSR count). The Labute approximate surface area is 190 Å². The molecule has 1 N–H and O–H groups in total. The van der Waals surface area contributed by atoms with Crippen molar-refractivity contribution >= 4 is 30.1 Å². The lowest BCUT2D eigenvalue weighted by Gasteiger charge is -2.38. The number of carbonyl (C=O) groups excluding carboxylic acids is 2. The molecule has 2 heterocycles. The Hall–Kier alpha value is -2.57. The summed E-state index contributed by atoms with van der Waals surface area (Å²) >= 11 is 0. The molecule has 2 aliphatic heterocycles. The van der Waals surface area contributed by atoms with Crippen LogP contribution in [-0.2, 0) is 27.9 Å². The number of rotatable bonds is 5. The number of esters is 1. The average Bonchev–Trinajstić information content (AvgIpc) is 3.00. The van der Waals surface area contributed by atoms with Gasteiger partial charge in [0.1, 0.15) is 0 Å². The summed E-state index contributed by atoms with van der Waals surface area (Å²) in [6, 6.07) is 16.2. The molecule has 0 bridgehead atoms. The van der Waals surface area contributed by atoms with E-state index in [1.54, 1.807) is 0 Å². The van der Waals surface area contributed by atoms with E-state index in [1.807, 2.05) is 41.3 Å². The number of ether oxygens (including phenoxy) is 1. The van der Waals surface area contributed by atoms with Crippen LogP contribution in [0.5, 0.6) is 0 Å². The van der Waals surface area contributed by atoms with Crippen LogP contribution >= 0.6 is 12.4 Å². The first kappa shape index (κ1) is 23.1. The van der Waals surface area contributed by atoms with E-state index in [4.69, 9.17) is 4.74 Å². The van der Waals surface area contributed by atoms with Gasteiger partial charge in [0.15, 0.2) is 0 Å². The topological polar surface area (TPSA) is 61.9 Å². The van der Waals surface area contributed by atoms with Crippen LogP contribution in [0.3, 0.4) is 0 Å². The summed E-state index contributed by atoms with van der Waals surface area (Å²) in [6.45, 7) is 2.51. The Morgan fingerprint density at radius 1 is 1.10 bits per heavy atom. The van der Waals surface area contributed by atoms with Crippen molar-refractivity contribution in [3.8, 4) is 0 Å². The van der Waals surface area contributed by atoms with Crippen LogP contribution < -0.4 is 10.2 Å². The summed E-state index contributed by atoms with van der Waals surface area (Å²) in [6.07, 6.45) is 2.72. The smallest absolute Gasteiger partial charge is 0.322 e. The Morgan fingerprint density at radius 3 is 2.52 bits per heavy atom. The Morgan fingerprint density at radius 2 is 1.81 bits per heavy atom. The number of anilines is 1. The predicted octanol–water partition coefficient (Wildman–Crippen LogP) is 3.52. The summed E-state index contributed by atoms with van der Waals surface area (Å²) in [4.78, 5) is 29.2. The summed E-state index contributed by atoms with van der Waals surface area (Å²) in [5, 5.41) is 3.03. The van der Waals surface area contributed by atoms with Crippen molar-refractivity contribution in [2.45, 2.75) is 31.2 Å². The zero-order chi connectivity index (χ0) is 21.1. The van der Waals surface area contributed by atoms with E-state index < -0.39 is 5.54 Å². The number of hydrogen-bond donors (Lipinski definition) is 1. The Bertz CT molecular complexity index is 937. The van der Waals surface area contributed by atoms with Crippen LogP contribution in [0.25, 0.3) is 0 Å². The fraction of sp³-hybridized carbons (Fsp3) is 0.417. The van der Waals surface area contributed by atoms with Crippen molar-refractivity contribution in [2.75, 3.05) is 38.7 Å². The lowest BCUT2D eigenvalue weighted by Crippen LogP contribution is -2.45. The van der Waals surface area contributed by atoms with E-state index in [9.17, 15) is 9.59 Å². The first-order valence-electron chi connectivity index (χ1n) is 10.5. The van der Waals surface area contributed by atoms with Crippen molar-refractivity contribution < 1.29 is 14.3 Å². The summed E-state index contributed by atoms with van der Waals surface area (Å²) in [7, 11) is 3.55. The van der Waals surface area contributed by atoms with E-state index in [1.165, 1.54) is 18.2 Å². The molecule has 0 spiro atoms. The molecule has 0 aliphatic carbocycles. The molecule has 0 radical (unpaired) electrons. The largest absolute Gasteiger partial charge is 0.469 e. The SMILES string of the molecule is COC(=O)CCC1(c2ccccc2)CNC(=O)N1c1ccc2c(c1)CCN(C)CC2.Cl. The fourth-order valence-corrected chi connectivity index (χ4v) is 4.64. The monoisotopic (exact) mass is 443 g/mol. The zero-order valence-corrected chi connectivity index (χ0v) is 18.9. The second kappa shape index (κ2) is 9.71. The number of likely N-dealkylation sites (N-methyl/N-ethyl adjacent to an activating group) is 1. The second-order valence-corrected chi connectivity index (χ2v) is 8.22. The predicted molar refractivity (Wildman–Crippen MR) is 124 cm³/mol. The minimum Gasteiger partial charge on any atom is -0.469 e. The number of methoxy groups -OCH3 is 1. The van der Waals surface area contributed by atoms with Crippen LogP contribution in [0.2, 0.25) is 0 Å². The normalized spacial score (nSPS) is 21.0. The standard InChI is InChI=1S/C24H29N3O3.ClH/c1-26-14-11-18-8-9-21(16-19(18)12-15-26)27-23(29)25-17-24(27,13-10-22(28)30-2)20-6-4-3-5-7-20;/h3-9,16H,10-15,17H2,1-2H3,(H,25,29);1H. The Balaban J connectivity index is 0.00000272. The van der Waals surface area contributed by atoms with Gasteiger partial charge in [-0.3, -0.25) is 9.69 Å². The van der Waals surface area contributed by atoms with Gasteiger partial charge in [-0.05, 0) is 55.1 Å². The molecule has 1 fully saturated rings. The van der Waals surface area contributed by atoms with Crippen molar-refractivity contribution in [3.63, 3.8) is 0 Å². The molecule has 2 amide bonds. The van der Waals surface area contributed by atoms with Gasteiger partial charge in [-0.15, -0.1) is 12.4 Å². The molecular weight excluding hydrogens is 414 g/mol. The molecule has 0 aromatic heterocycles. The van der Waals surface area contributed by atoms with Crippen LogP contribution in [0.15, 0.2) is 48.5 Å². The van der Waals surface area contributed by atoms with Gasteiger partial charge in [-0.25, -0.2) is 4.79 Å². The molecular formula is C24H30ClN3O3. The van der Waals surface area contributed by atoms with Gasteiger partial charge in [0.2, 0.25) is 0 Å². The van der Waals surface area contributed by atoms with Gasteiger partial charge in [0.25, 0.3) is 0 Å². The maximum Gasteiger partial charge on any atom is 0.322 e. The first-order chi connectivity index (χ1) is 14.5. The molecule has 31 heavy (non-hydrogen) atoms. The average molecular weight is 444 g/mol. The fourth-order valence-electron chi connectivity index (χ4n) is 4.64. The number of fused-ring (bicyclic) bond motifs is 1. The quantitative estimate of drug-likeness (QED) is 0.718. The second-order valence-electron chi connectivity index (χ2n) is 8.22. The van der Waals surface area contributed by atoms with Gasteiger partial charge in [-0.2, -0.15) is 0 Å². The summed E-state index contributed by atoms with van der Waals surface area (Å²) < 4.78 is 4.89. The summed E-state index contributed by atoms with van der Waals surface area (Å²) in [5.41, 5.74) is 3.90. The number of hydrogen-bond acceptors (Lipinski definition) is 4. The van der Waals surface area contributed by atoms with Gasteiger partial charge in [0, 0.05) is 31.7 Å². The maximum atomic E-state index is 13.1. The maximum absolute atomic E-state index is 13.1. The molecule has 2 aromatic rings. The van der Waals surface area contributed by atoms with Crippen molar-refractivity contribution in [1.29, 1.82) is 0 Å². The molecule has 1 saturated heterocycles. The van der Waals surface area contributed by atoms with Crippen molar-refractivity contribution in [1.82, 2.24) is 10.2 Å². The van der Waals surface area contributed by atoms with Gasteiger partial charge < -0.3 is 15.0 Å². The molecule has 166 valence electrons. The molecule has 6 nitrogen and oxygen atoms in total. The lowest BCUT2D eigenvalue weighted by atomic mass is 9.84. The Kier molecular flexibility index (Phi) is 7.23. The minimum atomic E-state index is -0.637. The highest BCUT2D eigenvalue weighted by atomic mass is 35.5. The number of nitrogens with zero attached hydrogens (tertiary/aromatic N) is 2. The summed E-state index contributed by atoms with van der Waals surface area (Å²) in [5.74, 6) is -0.269. The van der Waals surface area contributed by atoms with Crippen LogP contribution in [-0.4, -0.2) is 50.7 Å². The van der Waals surface area contributed by atoms with E-state index in [0.29, 0.717) is 13.0 Å². The van der Waals surface area contributed by atoms with E-state index >= 15 is 0 Å². The third kappa shape index (κ3) is 4.55. The number of amides is 2. The number of urea groups is 1. The van der Waals surface area contributed by atoms with E-state index in [0.717, 1.165) is 37.2 Å². The highest BCUT2D eigenvalue weighted by molar-refractivity contribution is 5.96. The lowest BCUT2D eigenvalue weighted by molar-refractivity contribution is -0.141. The van der Waals surface area contributed by atoms with Gasteiger partial charge >= 0.3 is 12.0 Å². The van der Waals surface area contributed by atoms with Gasteiger partial charge in [-0.1, -0.05) is 36.4 Å². The van der Waals surface area contributed by atoms with Crippen LogP contribution in [0.4, 0.5) is 10.5 Å². The molecule has 0 saturated carbocycles. The van der Waals surface area contributed by atoms with Crippen LogP contribution in [0.1, 0.15) is 29.5 Å². The highest BCUT2D eigenvalue weighted by Gasteiger charge is 2.47. The zero-order valence-electron chi connectivity index (χ0n) is 18.1. The molecule has 1 atom stereocenters. The number of nitrogens with one attached hydrogen (secondary N) is 1. The van der Waals surface area contributed by atoms with Gasteiger partial charge in [0.05, 0.1) is 12.6 Å². The highest BCUT2D eigenvalue weighted by Crippen LogP contribution is 2.41. The number of benzene rings is 2. The molecule has 2 aliphatic rings.